The molecule has 0 spiro atoms. The van der Waals surface area contributed by atoms with E-state index in [9.17, 15) is 0 Å². The third-order valence-corrected chi connectivity index (χ3v) is 4.45. The van der Waals surface area contributed by atoms with Crippen LogP contribution in [0.15, 0.2) is 12.4 Å². The Morgan fingerprint density at radius 3 is 2.52 bits per heavy atom. The molecule has 4 heteroatoms. The molecule has 0 unspecified atom stereocenters. The van der Waals surface area contributed by atoms with Crippen LogP contribution in [0, 0.1) is 5.92 Å². The quantitative estimate of drug-likeness (QED) is 0.747. The molecule has 0 radical (unpaired) electrons. The van der Waals surface area contributed by atoms with Gasteiger partial charge in [0.15, 0.2) is 0 Å². The van der Waals surface area contributed by atoms with E-state index in [0.29, 0.717) is 5.92 Å². The van der Waals surface area contributed by atoms with Crippen LogP contribution in [-0.4, -0.2) is 30.2 Å². The number of rotatable bonds is 8. The Morgan fingerprint density at radius 2 is 1.90 bits per heavy atom. The fourth-order valence-corrected chi connectivity index (χ4v) is 3.19. The van der Waals surface area contributed by atoms with Crippen molar-refractivity contribution in [3.63, 3.8) is 0 Å². The summed E-state index contributed by atoms with van der Waals surface area (Å²) in [5.74, 6) is 2.56. The van der Waals surface area contributed by atoms with Crippen molar-refractivity contribution in [2.24, 2.45) is 5.92 Å². The van der Waals surface area contributed by atoms with Gasteiger partial charge < -0.3 is 10.1 Å². The minimum atomic E-state index is 0.577. The first-order valence-electron chi connectivity index (χ1n) is 8.34. The van der Waals surface area contributed by atoms with Gasteiger partial charge in [0, 0.05) is 44.1 Å². The highest BCUT2D eigenvalue weighted by molar-refractivity contribution is 5.08. The molecule has 0 aliphatic heterocycles. The highest BCUT2D eigenvalue weighted by atomic mass is 16.5. The molecule has 0 amide bonds. The average Bonchev–Trinajstić information content (AvgIpc) is 2.53. The first-order valence-corrected chi connectivity index (χ1v) is 8.34. The summed E-state index contributed by atoms with van der Waals surface area (Å²) >= 11 is 0. The van der Waals surface area contributed by atoms with Crippen LogP contribution in [0.4, 0.5) is 0 Å². The van der Waals surface area contributed by atoms with Crippen molar-refractivity contribution in [1.82, 2.24) is 15.3 Å². The topological polar surface area (TPSA) is 47.0 Å². The van der Waals surface area contributed by atoms with Gasteiger partial charge in [0.05, 0.1) is 6.61 Å². The fourth-order valence-electron chi connectivity index (χ4n) is 3.19. The normalized spacial score (nSPS) is 22.4. The van der Waals surface area contributed by atoms with E-state index in [1.807, 2.05) is 12.4 Å². The van der Waals surface area contributed by atoms with Crippen LogP contribution in [0.2, 0.25) is 0 Å². The third-order valence-electron chi connectivity index (χ3n) is 4.45. The summed E-state index contributed by atoms with van der Waals surface area (Å²) in [5, 5.41) is 3.32. The van der Waals surface area contributed by atoms with Crippen molar-refractivity contribution in [1.29, 1.82) is 0 Å². The number of hydrogen-bond donors (Lipinski definition) is 1. The Bertz CT molecular complexity index is 386. The lowest BCUT2D eigenvalue weighted by molar-refractivity contribution is 0.199. The molecule has 0 atom stereocenters. The molecule has 0 bridgehead atoms. The second-order valence-electron chi connectivity index (χ2n) is 6.13. The first kappa shape index (κ1) is 16.4. The molecule has 1 aromatic rings. The van der Waals surface area contributed by atoms with Gasteiger partial charge in [-0.25, -0.2) is 9.97 Å². The molecule has 2 rings (SSSR count). The molecule has 21 heavy (non-hydrogen) atoms. The van der Waals surface area contributed by atoms with Gasteiger partial charge in [-0.1, -0.05) is 19.8 Å². The van der Waals surface area contributed by atoms with Crippen molar-refractivity contribution in [3.05, 3.63) is 23.8 Å². The van der Waals surface area contributed by atoms with Crippen LogP contribution < -0.4 is 5.32 Å². The zero-order chi connectivity index (χ0) is 14.9. The molecule has 1 heterocycles. The highest BCUT2D eigenvalue weighted by Crippen LogP contribution is 2.35. The number of aromatic nitrogens is 2. The molecule has 118 valence electrons. The van der Waals surface area contributed by atoms with E-state index in [0.717, 1.165) is 37.0 Å². The predicted molar refractivity (Wildman–Crippen MR) is 85.2 cm³/mol. The Hall–Kier alpha value is -1.00. The molecule has 1 fully saturated rings. The monoisotopic (exact) mass is 291 g/mol. The smallest absolute Gasteiger partial charge is 0.131 e. The van der Waals surface area contributed by atoms with Gasteiger partial charge in [0.25, 0.3) is 0 Å². The van der Waals surface area contributed by atoms with Crippen LogP contribution in [0.1, 0.15) is 62.8 Å². The lowest BCUT2D eigenvalue weighted by atomic mass is 9.80. The lowest BCUT2D eigenvalue weighted by Crippen LogP contribution is -2.19. The van der Waals surface area contributed by atoms with Gasteiger partial charge >= 0.3 is 0 Å². The van der Waals surface area contributed by atoms with E-state index in [4.69, 9.17) is 4.74 Å². The Labute approximate surface area is 128 Å². The molecule has 0 saturated heterocycles. The number of ether oxygens (including phenoxy) is 1. The van der Waals surface area contributed by atoms with Crippen LogP contribution in [0.3, 0.4) is 0 Å². The van der Waals surface area contributed by atoms with Gasteiger partial charge in [0.2, 0.25) is 0 Å². The molecule has 4 nitrogen and oxygen atoms in total. The minimum absolute atomic E-state index is 0.577. The Kier molecular flexibility index (Phi) is 7.10. The van der Waals surface area contributed by atoms with Crippen molar-refractivity contribution in [3.8, 4) is 0 Å². The van der Waals surface area contributed by atoms with Crippen molar-refractivity contribution in [2.45, 2.75) is 57.9 Å². The number of nitrogens with zero attached hydrogens (tertiary/aromatic N) is 2. The van der Waals surface area contributed by atoms with Gasteiger partial charge in [-0.15, -0.1) is 0 Å². The molecular weight excluding hydrogens is 262 g/mol. The number of nitrogens with one attached hydrogen (secondary N) is 1. The van der Waals surface area contributed by atoms with E-state index < -0.39 is 0 Å². The largest absolute Gasteiger partial charge is 0.383 e. The standard InChI is InChI=1S/C17H29N3O/c1-3-4-14-5-7-16(8-6-14)17-19-12-15(13-20-17)11-18-9-10-21-2/h12-14,16,18H,3-11H2,1-2H3. The molecule has 1 aromatic heterocycles. The second kappa shape index (κ2) is 9.11. The van der Waals surface area contributed by atoms with Gasteiger partial charge in [-0.2, -0.15) is 0 Å². The molecule has 1 saturated carbocycles. The first-order chi connectivity index (χ1) is 10.3. The third kappa shape index (κ3) is 5.36. The molecule has 0 aromatic carbocycles. The van der Waals surface area contributed by atoms with E-state index in [1.54, 1.807) is 7.11 Å². The zero-order valence-corrected chi connectivity index (χ0v) is 13.5. The molecule has 1 aliphatic carbocycles. The van der Waals surface area contributed by atoms with E-state index in [2.05, 4.69) is 22.2 Å². The van der Waals surface area contributed by atoms with Crippen molar-refractivity contribution in [2.75, 3.05) is 20.3 Å². The summed E-state index contributed by atoms with van der Waals surface area (Å²) in [6.07, 6.45) is 11.9. The SMILES string of the molecule is CCCC1CCC(c2ncc(CNCCOC)cn2)CC1. The highest BCUT2D eigenvalue weighted by Gasteiger charge is 2.23. The van der Waals surface area contributed by atoms with Gasteiger partial charge in [-0.05, 0) is 31.6 Å². The van der Waals surface area contributed by atoms with Crippen molar-refractivity contribution >= 4 is 0 Å². The number of hydrogen-bond acceptors (Lipinski definition) is 4. The lowest BCUT2D eigenvalue weighted by Gasteiger charge is -2.27. The van der Waals surface area contributed by atoms with Gasteiger partial charge in [-0.3, -0.25) is 0 Å². The summed E-state index contributed by atoms with van der Waals surface area (Å²) < 4.78 is 5.01. The fraction of sp³-hybridized carbons (Fsp3) is 0.765. The predicted octanol–water partition coefficient (Wildman–Crippen LogP) is 3.29. The average molecular weight is 291 g/mol. The maximum atomic E-state index is 5.01. The Balaban J connectivity index is 1.77. The minimum Gasteiger partial charge on any atom is -0.383 e. The summed E-state index contributed by atoms with van der Waals surface area (Å²) in [6.45, 7) is 4.70. The van der Waals surface area contributed by atoms with Gasteiger partial charge in [0.1, 0.15) is 5.82 Å². The molecule has 1 aliphatic rings. The zero-order valence-electron chi connectivity index (χ0n) is 13.5. The molecule has 1 N–H and O–H groups in total. The molecular formula is C17H29N3O. The van der Waals surface area contributed by atoms with Crippen LogP contribution in [0.5, 0.6) is 0 Å². The van der Waals surface area contributed by atoms with Crippen LogP contribution >= 0.6 is 0 Å². The van der Waals surface area contributed by atoms with E-state index in [-0.39, 0.29) is 0 Å². The second-order valence-corrected chi connectivity index (χ2v) is 6.13. The number of methoxy groups -OCH3 is 1. The summed E-state index contributed by atoms with van der Waals surface area (Å²) in [5.41, 5.74) is 1.15. The van der Waals surface area contributed by atoms with Crippen LogP contribution in [0.25, 0.3) is 0 Å². The maximum absolute atomic E-state index is 5.01. The van der Waals surface area contributed by atoms with Crippen LogP contribution in [-0.2, 0) is 11.3 Å². The summed E-state index contributed by atoms with van der Waals surface area (Å²) in [4.78, 5) is 9.18. The maximum Gasteiger partial charge on any atom is 0.131 e. The van der Waals surface area contributed by atoms with E-state index in [1.165, 1.54) is 38.5 Å². The van der Waals surface area contributed by atoms with Crippen molar-refractivity contribution < 1.29 is 4.74 Å². The summed E-state index contributed by atoms with van der Waals surface area (Å²) in [6, 6.07) is 0. The van der Waals surface area contributed by atoms with E-state index >= 15 is 0 Å². The summed E-state index contributed by atoms with van der Waals surface area (Å²) in [7, 11) is 1.72. The Morgan fingerprint density at radius 1 is 1.19 bits per heavy atom.